The molecule has 0 fully saturated rings. The summed E-state index contributed by atoms with van der Waals surface area (Å²) in [5.74, 6) is 0. The second kappa shape index (κ2) is 12.0. The highest BCUT2D eigenvalue weighted by Crippen LogP contribution is 2.45. The molecule has 52 heavy (non-hydrogen) atoms. The SMILES string of the molecule is CC(C)(C)c1ccc2c(c1)-c1cc(C(C)(C)C)cc[n+]1C2c1cc2c3ccccc3c3ccccc3c2cc1C1=NC=CCC(c2ccccc2)=C1. The summed E-state index contributed by atoms with van der Waals surface area (Å²) in [4.78, 5) is 5.21. The van der Waals surface area contributed by atoms with Crippen molar-refractivity contribution in [1.82, 2.24) is 0 Å². The number of aromatic nitrogens is 1. The quantitative estimate of drug-likeness (QED) is 0.131. The lowest BCUT2D eigenvalue weighted by Crippen LogP contribution is -2.39. The minimum Gasteiger partial charge on any atom is -0.257 e. The molecule has 0 aliphatic carbocycles. The van der Waals surface area contributed by atoms with Gasteiger partial charge in [-0.05, 0) is 96.1 Å². The molecule has 6 aromatic carbocycles. The number of hydrogen-bond donors (Lipinski definition) is 0. The van der Waals surface area contributed by atoms with Crippen molar-refractivity contribution in [2.45, 2.75) is 64.8 Å². The largest absolute Gasteiger partial charge is 0.257 e. The zero-order valence-electron chi connectivity index (χ0n) is 31.0. The minimum absolute atomic E-state index is 0.0267. The number of rotatable bonds is 3. The summed E-state index contributed by atoms with van der Waals surface area (Å²) in [6.45, 7) is 13.9. The Bertz CT molecular complexity index is 2590. The molecule has 2 heteroatoms. The van der Waals surface area contributed by atoms with Crippen LogP contribution in [-0.2, 0) is 10.8 Å². The molecular formula is C50H45N2+. The maximum atomic E-state index is 5.21. The summed E-state index contributed by atoms with van der Waals surface area (Å²) in [6.07, 6.45) is 9.69. The second-order valence-corrected chi connectivity index (χ2v) is 16.6. The van der Waals surface area contributed by atoms with E-state index in [-0.39, 0.29) is 16.9 Å². The molecule has 2 aliphatic rings. The maximum absolute atomic E-state index is 5.21. The van der Waals surface area contributed by atoms with Crippen molar-refractivity contribution in [3.8, 4) is 11.3 Å². The Morgan fingerprint density at radius 1 is 0.558 bits per heavy atom. The Morgan fingerprint density at radius 2 is 1.15 bits per heavy atom. The van der Waals surface area contributed by atoms with E-state index in [1.54, 1.807) is 0 Å². The van der Waals surface area contributed by atoms with Crippen LogP contribution in [0.3, 0.4) is 0 Å². The predicted octanol–water partition coefficient (Wildman–Crippen LogP) is 12.4. The van der Waals surface area contributed by atoms with Crippen molar-refractivity contribution in [3.63, 3.8) is 0 Å². The molecular weight excluding hydrogens is 629 g/mol. The topological polar surface area (TPSA) is 16.2 Å². The molecule has 0 amide bonds. The molecule has 1 aromatic heterocycles. The van der Waals surface area contributed by atoms with Crippen LogP contribution in [0.5, 0.6) is 0 Å². The first-order chi connectivity index (χ1) is 25.1. The third-order valence-electron chi connectivity index (χ3n) is 11.2. The predicted molar refractivity (Wildman–Crippen MR) is 220 cm³/mol. The number of pyridine rings is 1. The van der Waals surface area contributed by atoms with Crippen LogP contribution in [0.2, 0.25) is 0 Å². The zero-order chi connectivity index (χ0) is 35.8. The Kier molecular flexibility index (Phi) is 7.45. The van der Waals surface area contributed by atoms with Crippen LogP contribution in [0, 0.1) is 0 Å². The average molecular weight is 674 g/mol. The van der Waals surface area contributed by atoms with Gasteiger partial charge in [0.05, 0.1) is 11.3 Å². The number of benzene rings is 6. The van der Waals surface area contributed by atoms with Gasteiger partial charge in [0, 0.05) is 35.0 Å². The number of aliphatic imine (C=N–C) groups is 1. The standard InChI is InChI=1S/C50H45N2/c1-49(2,3)34-22-23-40-44(28-34)47-29-35(50(4,5)6)24-26-52(47)48(40)45-31-42-39-21-13-11-19-37(39)36-18-10-12-20-38(36)41(42)30-43(45)46-27-33(17-14-25-51-46)32-15-8-7-9-16-32/h7-16,18-31,48H,17H2,1-6H3/q+1. The smallest absolute Gasteiger partial charge is 0.214 e. The van der Waals surface area contributed by atoms with Crippen LogP contribution < -0.4 is 4.57 Å². The third-order valence-corrected chi connectivity index (χ3v) is 11.2. The molecule has 0 N–H and O–H groups in total. The van der Waals surface area contributed by atoms with Gasteiger partial charge in [-0.1, -0.05) is 139 Å². The summed E-state index contributed by atoms with van der Waals surface area (Å²) < 4.78 is 2.52. The van der Waals surface area contributed by atoms with Crippen LogP contribution in [0.1, 0.15) is 87.4 Å². The van der Waals surface area contributed by atoms with Crippen LogP contribution >= 0.6 is 0 Å². The van der Waals surface area contributed by atoms with Crippen molar-refractivity contribution in [2.24, 2.45) is 4.99 Å². The lowest BCUT2D eigenvalue weighted by molar-refractivity contribution is -0.688. The molecule has 0 bridgehead atoms. The first-order valence-corrected chi connectivity index (χ1v) is 18.6. The molecule has 9 rings (SSSR count). The van der Waals surface area contributed by atoms with Crippen molar-refractivity contribution in [1.29, 1.82) is 0 Å². The van der Waals surface area contributed by atoms with Crippen molar-refractivity contribution >= 4 is 43.6 Å². The Labute approximate surface area is 307 Å². The van der Waals surface area contributed by atoms with Gasteiger partial charge in [0.15, 0.2) is 6.20 Å². The maximum Gasteiger partial charge on any atom is 0.214 e. The summed E-state index contributed by atoms with van der Waals surface area (Å²) in [7, 11) is 0. The zero-order valence-corrected chi connectivity index (χ0v) is 31.0. The molecule has 2 aliphatic heterocycles. The molecule has 0 saturated heterocycles. The molecule has 0 spiro atoms. The summed E-state index contributed by atoms with van der Waals surface area (Å²) in [5, 5.41) is 7.65. The number of nitrogens with zero attached hydrogens (tertiary/aromatic N) is 2. The lowest BCUT2D eigenvalue weighted by Gasteiger charge is -2.21. The third kappa shape index (κ3) is 5.32. The van der Waals surface area contributed by atoms with Gasteiger partial charge in [-0.15, -0.1) is 0 Å². The van der Waals surface area contributed by atoms with E-state index in [2.05, 4.69) is 186 Å². The van der Waals surface area contributed by atoms with Crippen LogP contribution in [0.25, 0.3) is 49.1 Å². The van der Waals surface area contributed by atoms with E-state index in [4.69, 9.17) is 4.99 Å². The molecule has 2 nitrogen and oxygen atoms in total. The van der Waals surface area contributed by atoms with Gasteiger partial charge in [0.2, 0.25) is 11.7 Å². The lowest BCUT2D eigenvalue weighted by atomic mass is 9.82. The minimum atomic E-state index is -0.0267. The number of allylic oxidation sites excluding steroid dienone is 3. The number of hydrogen-bond acceptors (Lipinski definition) is 1. The fourth-order valence-electron chi connectivity index (χ4n) is 8.36. The fourth-order valence-corrected chi connectivity index (χ4v) is 8.36. The second-order valence-electron chi connectivity index (χ2n) is 16.6. The molecule has 254 valence electrons. The van der Waals surface area contributed by atoms with E-state index in [0.29, 0.717) is 0 Å². The Morgan fingerprint density at radius 3 is 1.81 bits per heavy atom. The van der Waals surface area contributed by atoms with Gasteiger partial charge in [0.1, 0.15) is 0 Å². The Hall–Kier alpha value is -5.60. The molecule has 1 unspecified atom stereocenters. The molecule has 0 radical (unpaired) electrons. The monoisotopic (exact) mass is 673 g/mol. The van der Waals surface area contributed by atoms with Crippen LogP contribution in [0.4, 0.5) is 0 Å². The highest BCUT2D eigenvalue weighted by atomic mass is 15.0. The van der Waals surface area contributed by atoms with Gasteiger partial charge in [-0.2, -0.15) is 4.57 Å². The van der Waals surface area contributed by atoms with Crippen molar-refractivity contribution in [3.05, 3.63) is 179 Å². The van der Waals surface area contributed by atoms with Gasteiger partial charge in [-0.25, -0.2) is 0 Å². The molecule has 7 aromatic rings. The molecule has 0 saturated carbocycles. The summed E-state index contributed by atoms with van der Waals surface area (Å²) >= 11 is 0. The van der Waals surface area contributed by atoms with E-state index >= 15 is 0 Å². The first-order valence-electron chi connectivity index (χ1n) is 18.6. The van der Waals surface area contributed by atoms with Crippen LogP contribution in [-0.4, -0.2) is 5.71 Å². The average Bonchev–Trinajstić information content (AvgIpc) is 3.27. The summed E-state index contributed by atoms with van der Waals surface area (Å²) in [5.41, 5.74) is 12.6. The van der Waals surface area contributed by atoms with Crippen LogP contribution in [0.15, 0.2) is 151 Å². The van der Waals surface area contributed by atoms with Gasteiger partial charge in [0.25, 0.3) is 0 Å². The highest BCUT2D eigenvalue weighted by Gasteiger charge is 2.41. The van der Waals surface area contributed by atoms with Crippen molar-refractivity contribution in [2.75, 3.05) is 0 Å². The molecule has 1 atom stereocenters. The number of fused-ring (bicyclic) bond motifs is 9. The van der Waals surface area contributed by atoms with Gasteiger partial charge < -0.3 is 0 Å². The Balaban J connectivity index is 1.39. The van der Waals surface area contributed by atoms with Crippen molar-refractivity contribution < 1.29 is 4.57 Å². The van der Waals surface area contributed by atoms with E-state index in [1.807, 2.05) is 6.20 Å². The van der Waals surface area contributed by atoms with E-state index in [9.17, 15) is 0 Å². The van der Waals surface area contributed by atoms with E-state index in [0.717, 1.165) is 12.1 Å². The fraction of sp³-hybridized carbons (Fsp3) is 0.200. The highest BCUT2D eigenvalue weighted by molar-refractivity contribution is 6.27. The summed E-state index contributed by atoms with van der Waals surface area (Å²) in [6, 6.07) is 45.4. The van der Waals surface area contributed by atoms with E-state index in [1.165, 1.54) is 82.5 Å². The van der Waals surface area contributed by atoms with Gasteiger partial charge >= 0.3 is 0 Å². The molecule has 3 heterocycles. The first kappa shape index (κ1) is 32.3. The van der Waals surface area contributed by atoms with E-state index < -0.39 is 0 Å². The normalized spacial score (nSPS) is 15.8. The van der Waals surface area contributed by atoms with Gasteiger partial charge in [-0.3, -0.25) is 4.99 Å².